The highest BCUT2D eigenvalue weighted by molar-refractivity contribution is 7.89. The van der Waals surface area contributed by atoms with E-state index in [-0.39, 0.29) is 9.36 Å². The maximum Gasteiger partial charge on any atom is 0.264 e. The van der Waals surface area contributed by atoms with Crippen LogP contribution >= 0.6 is 0 Å². The Labute approximate surface area is 76.4 Å². The lowest BCUT2D eigenvalue weighted by Crippen LogP contribution is -2.22. The molecule has 0 aliphatic rings. The molecule has 1 aromatic rings. The first-order valence-corrected chi connectivity index (χ1v) is 4.92. The van der Waals surface area contributed by atoms with E-state index in [1.807, 2.05) is 0 Å². The van der Waals surface area contributed by atoms with Crippen molar-refractivity contribution < 1.29 is 13.6 Å². The summed E-state index contributed by atoms with van der Waals surface area (Å²) in [6, 6.07) is 5.57. The van der Waals surface area contributed by atoms with Crippen LogP contribution in [0.4, 0.5) is 5.69 Å². The van der Waals surface area contributed by atoms with Gasteiger partial charge in [-0.15, -0.1) is 0 Å². The molecular weight excluding hydrogens is 192 g/mol. The zero-order valence-corrected chi connectivity index (χ0v) is 7.82. The third-order valence-corrected chi connectivity index (χ3v) is 3.09. The molecule has 13 heavy (non-hydrogen) atoms. The van der Waals surface area contributed by atoms with Crippen molar-refractivity contribution in [2.45, 2.75) is 4.90 Å². The minimum absolute atomic E-state index is 0.00620. The summed E-state index contributed by atoms with van der Waals surface area (Å²) in [4.78, 5) is 0.00620. The van der Waals surface area contributed by atoms with E-state index in [1.165, 1.54) is 24.3 Å². The van der Waals surface area contributed by atoms with Gasteiger partial charge >= 0.3 is 0 Å². The normalized spacial score (nSPS) is 11.9. The number of rotatable bonds is 2. The Morgan fingerprint density at radius 1 is 1.31 bits per heavy atom. The Balaban J connectivity index is 3.17. The SMILES string of the molecule is CN(O)S(=O)(=O)c1ccc(N)cc1. The van der Waals surface area contributed by atoms with Crippen LogP contribution in [0.5, 0.6) is 0 Å². The molecule has 0 saturated carbocycles. The monoisotopic (exact) mass is 202 g/mol. The van der Waals surface area contributed by atoms with E-state index >= 15 is 0 Å². The topological polar surface area (TPSA) is 83.6 Å². The molecule has 0 aliphatic carbocycles. The summed E-state index contributed by atoms with van der Waals surface area (Å²) in [5.41, 5.74) is 5.85. The summed E-state index contributed by atoms with van der Waals surface area (Å²) < 4.78 is 22.7. The van der Waals surface area contributed by atoms with Gasteiger partial charge in [-0.25, -0.2) is 8.42 Å². The quantitative estimate of drug-likeness (QED) is 0.533. The minimum Gasteiger partial charge on any atom is -0.399 e. The molecule has 6 heteroatoms. The number of benzene rings is 1. The molecule has 0 radical (unpaired) electrons. The molecule has 0 spiro atoms. The van der Waals surface area contributed by atoms with Crippen LogP contribution in [-0.4, -0.2) is 25.1 Å². The van der Waals surface area contributed by atoms with Crippen LogP contribution in [0.15, 0.2) is 29.2 Å². The molecule has 0 heterocycles. The zero-order valence-electron chi connectivity index (χ0n) is 7.01. The first-order valence-electron chi connectivity index (χ1n) is 3.48. The van der Waals surface area contributed by atoms with Crippen molar-refractivity contribution in [2.75, 3.05) is 12.8 Å². The molecule has 0 atom stereocenters. The third-order valence-electron chi connectivity index (χ3n) is 1.53. The van der Waals surface area contributed by atoms with Crippen molar-refractivity contribution in [1.29, 1.82) is 0 Å². The highest BCUT2D eigenvalue weighted by atomic mass is 32.2. The minimum atomic E-state index is -3.76. The number of nitrogen functional groups attached to an aromatic ring is 1. The molecule has 5 nitrogen and oxygen atoms in total. The molecule has 0 fully saturated rings. The average Bonchev–Trinajstić information content (AvgIpc) is 2.04. The average molecular weight is 202 g/mol. The highest BCUT2D eigenvalue weighted by Gasteiger charge is 2.17. The van der Waals surface area contributed by atoms with E-state index in [9.17, 15) is 8.42 Å². The van der Waals surface area contributed by atoms with Gasteiger partial charge in [0.05, 0.1) is 4.90 Å². The summed E-state index contributed by atoms with van der Waals surface area (Å²) in [5, 5.41) is 8.82. The van der Waals surface area contributed by atoms with Gasteiger partial charge in [-0.05, 0) is 24.3 Å². The smallest absolute Gasteiger partial charge is 0.264 e. The number of sulfonamides is 1. The van der Waals surface area contributed by atoms with Crippen LogP contribution in [0.3, 0.4) is 0 Å². The first-order chi connectivity index (χ1) is 5.94. The second-order valence-electron chi connectivity index (χ2n) is 2.51. The van der Waals surface area contributed by atoms with Crippen LogP contribution < -0.4 is 5.73 Å². The zero-order chi connectivity index (χ0) is 10.1. The lowest BCUT2D eigenvalue weighted by Gasteiger charge is -2.08. The van der Waals surface area contributed by atoms with Gasteiger partial charge in [0, 0.05) is 12.7 Å². The molecule has 0 unspecified atom stereocenters. The molecular formula is C7H10N2O3S. The van der Waals surface area contributed by atoms with Crippen molar-refractivity contribution in [3.63, 3.8) is 0 Å². The largest absolute Gasteiger partial charge is 0.399 e. The molecule has 0 aliphatic heterocycles. The first kappa shape index (κ1) is 9.97. The fraction of sp³-hybridized carbons (Fsp3) is 0.143. The number of hydrogen-bond acceptors (Lipinski definition) is 4. The Morgan fingerprint density at radius 3 is 2.15 bits per heavy atom. The van der Waals surface area contributed by atoms with Crippen molar-refractivity contribution >= 4 is 15.7 Å². The fourth-order valence-electron chi connectivity index (χ4n) is 0.792. The molecule has 1 rings (SSSR count). The Bertz CT molecular complexity index is 383. The highest BCUT2D eigenvalue weighted by Crippen LogP contribution is 2.14. The predicted molar refractivity (Wildman–Crippen MR) is 47.6 cm³/mol. The van der Waals surface area contributed by atoms with Gasteiger partial charge in [0.15, 0.2) is 0 Å². The van der Waals surface area contributed by atoms with E-state index in [2.05, 4.69) is 0 Å². The summed E-state index contributed by atoms with van der Waals surface area (Å²) in [6.45, 7) is 0. The second-order valence-corrected chi connectivity index (χ2v) is 4.46. The van der Waals surface area contributed by atoms with Gasteiger partial charge in [0.1, 0.15) is 0 Å². The summed E-state index contributed by atoms with van der Waals surface area (Å²) in [6.07, 6.45) is 0. The number of anilines is 1. The Hall–Kier alpha value is -1.11. The lowest BCUT2D eigenvalue weighted by molar-refractivity contribution is 0.0310. The summed E-state index contributed by atoms with van der Waals surface area (Å²) in [5.74, 6) is 0. The maximum atomic E-state index is 11.3. The molecule has 0 amide bonds. The second kappa shape index (κ2) is 3.33. The van der Waals surface area contributed by atoms with Crippen molar-refractivity contribution in [1.82, 2.24) is 4.47 Å². The van der Waals surface area contributed by atoms with Gasteiger partial charge in [-0.3, -0.25) is 5.21 Å². The molecule has 0 aromatic heterocycles. The van der Waals surface area contributed by atoms with Gasteiger partial charge in [-0.2, -0.15) is 0 Å². The van der Waals surface area contributed by atoms with E-state index in [0.717, 1.165) is 7.05 Å². The standard InChI is InChI=1S/C7H10N2O3S/c1-9(10)13(11,12)7-4-2-6(8)3-5-7/h2-5,10H,8H2,1H3. The fourth-order valence-corrected chi connectivity index (χ4v) is 1.58. The van der Waals surface area contributed by atoms with Crippen LogP contribution in [0.25, 0.3) is 0 Å². The van der Waals surface area contributed by atoms with Gasteiger partial charge in [0.2, 0.25) is 0 Å². The predicted octanol–water partition coefficient (Wildman–Crippen LogP) is 0.278. The maximum absolute atomic E-state index is 11.3. The van der Waals surface area contributed by atoms with E-state index in [1.54, 1.807) is 0 Å². The van der Waals surface area contributed by atoms with E-state index in [0.29, 0.717) is 5.69 Å². The summed E-state index contributed by atoms with van der Waals surface area (Å²) in [7, 11) is -2.71. The number of hydroxylamine groups is 1. The third kappa shape index (κ3) is 1.97. The number of nitrogens with two attached hydrogens (primary N) is 1. The summed E-state index contributed by atoms with van der Waals surface area (Å²) >= 11 is 0. The molecule has 1 aromatic carbocycles. The van der Waals surface area contributed by atoms with Crippen molar-refractivity contribution in [3.8, 4) is 0 Å². The number of hydrogen-bond donors (Lipinski definition) is 2. The van der Waals surface area contributed by atoms with Crippen LogP contribution in [0.2, 0.25) is 0 Å². The van der Waals surface area contributed by atoms with Gasteiger partial charge in [-0.1, -0.05) is 4.47 Å². The van der Waals surface area contributed by atoms with Crippen LogP contribution in [0.1, 0.15) is 0 Å². The Morgan fingerprint density at radius 2 is 1.77 bits per heavy atom. The Kier molecular flexibility index (Phi) is 2.55. The van der Waals surface area contributed by atoms with Crippen molar-refractivity contribution in [3.05, 3.63) is 24.3 Å². The molecule has 72 valence electrons. The molecule has 0 saturated heterocycles. The van der Waals surface area contributed by atoms with Crippen LogP contribution in [-0.2, 0) is 10.0 Å². The number of nitrogens with zero attached hydrogens (tertiary/aromatic N) is 1. The lowest BCUT2D eigenvalue weighted by atomic mass is 10.3. The van der Waals surface area contributed by atoms with E-state index < -0.39 is 10.0 Å². The van der Waals surface area contributed by atoms with E-state index in [4.69, 9.17) is 10.9 Å². The van der Waals surface area contributed by atoms with Gasteiger partial charge < -0.3 is 5.73 Å². The van der Waals surface area contributed by atoms with Crippen molar-refractivity contribution in [2.24, 2.45) is 0 Å². The van der Waals surface area contributed by atoms with Crippen LogP contribution in [0, 0.1) is 0 Å². The molecule has 0 bridgehead atoms. The van der Waals surface area contributed by atoms with Gasteiger partial charge in [0.25, 0.3) is 10.0 Å². The molecule has 3 N–H and O–H groups in total.